The fourth-order valence-corrected chi connectivity index (χ4v) is 2.61. The molecule has 2 rings (SSSR count). The first-order valence-corrected chi connectivity index (χ1v) is 6.34. The Bertz CT molecular complexity index is 433. The van der Waals surface area contributed by atoms with Crippen LogP contribution >= 0.6 is 0 Å². The smallest absolute Gasteiger partial charge is 0.373 e. The molecule has 0 saturated carbocycles. The summed E-state index contributed by atoms with van der Waals surface area (Å²) in [6, 6.07) is 0. The lowest BCUT2D eigenvalue weighted by Gasteiger charge is -2.37. The Morgan fingerprint density at radius 2 is 1.89 bits per heavy atom. The van der Waals surface area contributed by atoms with Gasteiger partial charge in [-0.1, -0.05) is 24.3 Å². The molecular formula is C14H16F4O. The van der Waals surface area contributed by atoms with E-state index in [1.165, 1.54) is 18.2 Å². The zero-order valence-electron chi connectivity index (χ0n) is 10.4. The summed E-state index contributed by atoms with van der Waals surface area (Å²) >= 11 is 0. The normalized spacial score (nSPS) is 27.5. The number of aliphatic hydroxyl groups is 1. The van der Waals surface area contributed by atoms with Gasteiger partial charge in [0.2, 0.25) is 5.60 Å². The van der Waals surface area contributed by atoms with Crippen molar-refractivity contribution in [3.8, 4) is 0 Å². The lowest BCUT2D eigenvalue weighted by Crippen LogP contribution is -2.49. The van der Waals surface area contributed by atoms with Crippen molar-refractivity contribution in [1.29, 1.82) is 0 Å². The number of alkyl halides is 4. The highest BCUT2D eigenvalue weighted by molar-refractivity contribution is 5.39. The van der Waals surface area contributed by atoms with Crippen LogP contribution in [0.15, 0.2) is 35.5 Å². The van der Waals surface area contributed by atoms with Crippen LogP contribution in [0.2, 0.25) is 0 Å². The second-order valence-corrected chi connectivity index (χ2v) is 4.97. The number of hydrogen-bond donors (Lipinski definition) is 1. The second kappa shape index (κ2) is 5.12. The van der Waals surface area contributed by atoms with E-state index in [2.05, 4.69) is 0 Å². The topological polar surface area (TPSA) is 20.2 Å². The quantitative estimate of drug-likeness (QED) is 0.597. The first kappa shape index (κ1) is 14.3. The molecule has 0 saturated heterocycles. The van der Waals surface area contributed by atoms with Crippen LogP contribution in [-0.4, -0.2) is 23.1 Å². The maximum Gasteiger partial charge on any atom is 0.425 e. The number of rotatable bonds is 2. The number of hydrogen-bond acceptors (Lipinski definition) is 1. The average Bonchev–Trinajstić information content (AvgIpc) is 2.38. The fourth-order valence-electron chi connectivity index (χ4n) is 2.61. The highest BCUT2D eigenvalue weighted by Crippen LogP contribution is 2.46. The fraction of sp³-hybridized carbons (Fsp3) is 0.571. The van der Waals surface area contributed by atoms with Crippen LogP contribution in [0.4, 0.5) is 17.6 Å². The maximum absolute atomic E-state index is 13.3. The van der Waals surface area contributed by atoms with Gasteiger partial charge in [-0.25, -0.2) is 4.39 Å². The van der Waals surface area contributed by atoms with Crippen molar-refractivity contribution < 1.29 is 22.7 Å². The Morgan fingerprint density at radius 3 is 2.37 bits per heavy atom. The Hall–Kier alpha value is -1.10. The summed E-state index contributed by atoms with van der Waals surface area (Å²) in [6.45, 7) is 0. The van der Waals surface area contributed by atoms with Crippen molar-refractivity contribution in [1.82, 2.24) is 0 Å². The van der Waals surface area contributed by atoms with Crippen molar-refractivity contribution in [3.63, 3.8) is 0 Å². The first-order valence-electron chi connectivity index (χ1n) is 6.34. The lowest BCUT2D eigenvalue weighted by atomic mass is 9.77. The summed E-state index contributed by atoms with van der Waals surface area (Å²) < 4.78 is 53.0. The van der Waals surface area contributed by atoms with Crippen molar-refractivity contribution in [2.75, 3.05) is 0 Å². The van der Waals surface area contributed by atoms with Gasteiger partial charge in [0.15, 0.2) is 0 Å². The van der Waals surface area contributed by atoms with E-state index in [1.807, 2.05) is 0 Å². The molecule has 0 aliphatic heterocycles. The van der Waals surface area contributed by atoms with Gasteiger partial charge in [-0.3, -0.25) is 0 Å². The predicted octanol–water partition coefficient (Wildman–Crippen LogP) is 4.00. The van der Waals surface area contributed by atoms with E-state index in [1.54, 1.807) is 6.08 Å². The third-order valence-corrected chi connectivity index (χ3v) is 3.70. The zero-order chi connectivity index (χ0) is 14.1. The molecule has 0 spiro atoms. The summed E-state index contributed by atoms with van der Waals surface area (Å²) in [7, 11) is 0. The zero-order valence-corrected chi connectivity index (χ0v) is 10.4. The standard InChI is InChI=1S/C14H16F4O/c15-12-8-6-11(7-9-12)13(19,14(16,17)18)10-4-2-1-3-5-10/h1-2,4,6,12,19H,3,5,7-9H2. The third kappa shape index (κ3) is 2.61. The van der Waals surface area contributed by atoms with E-state index in [9.17, 15) is 22.7 Å². The van der Waals surface area contributed by atoms with Crippen LogP contribution in [0.25, 0.3) is 0 Å². The van der Waals surface area contributed by atoms with Gasteiger partial charge >= 0.3 is 6.18 Å². The largest absolute Gasteiger partial charge is 0.425 e. The minimum atomic E-state index is -4.78. The summed E-state index contributed by atoms with van der Waals surface area (Å²) in [5.74, 6) is 0. The molecule has 1 nitrogen and oxygen atoms in total. The molecule has 2 unspecified atom stereocenters. The average molecular weight is 276 g/mol. The van der Waals surface area contributed by atoms with Crippen LogP contribution in [0.1, 0.15) is 32.1 Å². The molecule has 0 amide bonds. The monoisotopic (exact) mass is 276 g/mol. The summed E-state index contributed by atoms with van der Waals surface area (Å²) in [6.07, 6.45) is 0.485. The lowest BCUT2D eigenvalue weighted by molar-refractivity contribution is -0.231. The van der Waals surface area contributed by atoms with E-state index >= 15 is 0 Å². The molecule has 0 aromatic rings. The van der Waals surface area contributed by atoms with Crippen LogP contribution in [-0.2, 0) is 0 Å². The minimum absolute atomic E-state index is 0.0351. The minimum Gasteiger partial charge on any atom is -0.373 e. The highest BCUT2D eigenvalue weighted by atomic mass is 19.4. The van der Waals surface area contributed by atoms with Gasteiger partial charge in [0.05, 0.1) is 0 Å². The summed E-state index contributed by atoms with van der Waals surface area (Å²) in [5, 5.41) is 10.3. The molecule has 0 bridgehead atoms. The molecule has 0 fully saturated rings. The molecule has 2 atom stereocenters. The van der Waals surface area contributed by atoms with Gasteiger partial charge in [-0.2, -0.15) is 13.2 Å². The predicted molar refractivity (Wildman–Crippen MR) is 64.3 cm³/mol. The molecule has 0 heterocycles. The SMILES string of the molecule is OC(C1=CC=CCC1)(C1=CCC(F)CC1)C(F)(F)F. The van der Waals surface area contributed by atoms with Crippen LogP contribution < -0.4 is 0 Å². The Kier molecular flexibility index (Phi) is 3.85. The summed E-state index contributed by atoms with van der Waals surface area (Å²) in [5.41, 5.74) is -3.10. The van der Waals surface area contributed by atoms with E-state index < -0.39 is 17.9 Å². The number of allylic oxidation sites excluding steroid dienone is 4. The highest BCUT2D eigenvalue weighted by Gasteiger charge is 2.58. The molecule has 106 valence electrons. The van der Waals surface area contributed by atoms with Gasteiger partial charge in [0.1, 0.15) is 6.17 Å². The van der Waals surface area contributed by atoms with Crippen LogP contribution in [0, 0.1) is 0 Å². The number of halogens is 4. The third-order valence-electron chi connectivity index (χ3n) is 3.70. The van der Waals surface area contributed by atoms with Gasteiger partial charge in [0, 0.05) is 0 Å². The molecule has 1 N–H and O–H groups in total. The molecular weight excluding hydrogens is 260 g/mol. The van der Waals surface area contributed by atoms with Gasteiger partial charge < -0.3 is 5.11 Å². The van der Waals surface area contributed by atoms with Crippen molar-refractivity contribution in [3.05, 3.63) is 35.5 Å². The summed E-state index contributed by atoms with van der Waals surface area (Å²) in [4.78, 5) is 0. The van der Waals surface area contributed by atoms with E-state index in [4.69, 9.17) is 0 Å². The van der Waals surface area contributed by atoms with Crippen molar-refractivity contribution >= 4 is 0 Å². The van der Waals surface area contributed by atoms with Crippen LogP contribution in [0.3, 0.4) is 0 Å². The first-order chi connectivity index (χ1) is 8.85. The van der Waals surface area contributed by atoms with Gasteiger partial charge in [0.25, 0.3) is 0 Å². The van der Waals surface area contributed by atoms with Gasteiger partial charge in [-0.05, 0) is 43.3 Å². The molecule has 2 aliphatic carbocycles. The molecule has 0 aromatic heterocycles. The molecule has 0 radical (unpaired) electrons. The van der Waals surface area contributed by atoms with Gasteiger partial charge in [-0.15, -0.1) is 0 Å². The maximum atomic E-state index is 13.3. The van der Waals surface area contributed by atoms with E-state index in [0.717, 1.165) is 0 Å². The second-order valence-electron chi connectivity index (χ2n) is 4.97. The molecule has 5 heteroatoms. The van der Waals surface area contributed by atoms with E-state index in [-0.39, 0.29) is 36.8 Å². The molecule has 0 aromatic carbocycles. The van der Waals surface area contributed by atoms with Crippen LogP contribution in [0.5, 0.6) is 0 Å². The van der Waals surface area contributed by atoms with E-state index in [0.29, 0.717) is 6.42 Å². The van der Waals surface area contributed by atoms with Crippen molar-refractivity contribution in [2.45, 2.75) is 50.1 Å². The molecule has 19 heavy (non-hydrogen) atoms. The van der Waals surface area contributed by atoms with Crippen molar-refractivity contribution in [2.24, 2.45) is 0 Å². The Balaban J connectivity index is 2.41. The Labute approximate surface area is 109 Å². The Morgan fingerprint density at radius 1 is 1.16 bits per heavy atom. The molecule has 2 aliphatic rings.